The van der Waals surface area contributed by atoms with Gasteiger partial charge in [0.05, 0.1) is 7.11 Å². The number of hydrogen-bond acceptors (Lipinski definition) is 3. The maximum absolute atomic E-state index is 6.22. The molecule has 0 saturated carbocycles. The highest BCUT2D eigenvalue weighted by molar-refractivity contribution is 5.29. The molecule has 1 aromatic carbocycles. The first-order chi connectivity index (χ1) is 7.60. The van der Waals surface area contributed by atoms with Crippen molar-refractivity contribution in [1.82, 2.24) is 4.90 Å². The van der Waals surface area contributed by atoms with E-state index < -0.39 is 0 Å². The van der Waals surface area contributed by atoms with Crippen molar-refractivity contribution in [2.24, 2.45) is 5.73 Å². The van der Waals surface area contributed by atoms with Crippen LogP contribution in [0.5, 0.6) is 5.75 Å². The minimum absolute atomic E-state index is 0.0378. The predicted molar refractivity (Wildman–Crippen MR) is 67.7 cm³/mol. The highest BCUT2D eigenvalue weighted by Gasteiger charge is 2.17. The number of likely N-dealkylation sites (N-methyl/N-ethyl adjacent to an activating group) is 1. The largest absolute Gasteiger partial charge is 0.497 e. The first-order valence-electron chi connectivity index (χ1n) is 5.70. The van der Waals surface area contributed by atoms with Crippen molar-refractivity contribution in [3.05, 3.63) is 29.8 Å². The van der Waals surface area contributed by atoms with Crippen LogP contribution >= 0.6 is 0 Å². The molecular weight excluding hydrogens is 200 g/mol. The van der Waals surface area contributed by atoms with Gasteiger partial charge in [0.2, 0.25) is 0 Å². The number of nitrogens with zero attached hydrogens (tertiary/aromatic N) is 1. The molecule has 0 amide bonds. The maximum Gasteiger partial charge on any atom is 0.118 e. The molecule has 1 rings (SSSR count). The van der Waals surface area contributed by atoms with Gasteiger partial charge >= 0.3 is 0 Å². The normalized spacial score (nSPS) is 14.9. The van der Waals surface area contributed by atoms with Gasteiger partial charge in [-0.25, -0.2) is 0 Å². The van der Waals surface area contributed by atoms with Gasteiger partial charge in [0.25, 0.3) is 0 Å². The standard InChI is InChI=1S/C13H22N2O/c1-5-15(3)10(2)13(14)11-6-8-12(16-4)9-7-11/h6-10,13H,5,14H2,1-4H3. The molecule has 0 aliphatic rings. The number of methoxy groups -OCH3 is 1. The second-order valence-electron chi connectivity index (χ2n) is 4.11. The first kappa shape index (κ1) is 13.0. The summed E-state index contributed by atoms with van der Waals surface area (Å²) in [6, 6.07) is 8.34. The fourth-order valence-corrected chi connectivity index (χ4v) is 1.67. The lowest BCUT2D eigenvalue weighted by molar-refractivity contribution is 0.238. The number of nitrogens with two attached hydrogens (primary N) is 1. The van der Waals surface area contributed by atoms with Crippen LogP contribution in [0, 0.1) is 0 Å². The molecule has 0 heterocycles. The third-order valence-corrected chi connectivity index (χ3v) is 3.21. The Balaban J connectivity index is 2.75. The SMILES string of the molecule is CCN(C)C(C)C(N)c1ccc(OC)cc1. The van der Waals surface area contributed by atoms with Crippen LogP contribution in [0.3, 0.4) is 0 Å². The van der Waals surface area contributed by atoms with Crippen LogP contribution in [0.2, 0.25) is 0 Å². The third-order valence-electron chi connectivity index (χ3n) is 3.21. The highest BCUT2D eigenvalue weighted by atomic mass is 16.5. The summed E-state index contributed by atoms with van der Waals surface area (Å²) in [6.07, 6.45) is 0. The zero-order valence-electron chi connectivity index (χ0n) is 10.6. The summed E-state index contributed by atoms with van der Waals surface area (Å²) in [5.41, 5.74) is 7.37. The Bertz CT molecular complexity index is 310. The molecule has 0 saturated heterocycles. The van der Waals surface area contributed by atoms with E-state index in [0.29, 0.717) is 6.04 Å². The van der Waals surface area contributed by atoms with Crippen LogP contribution in [0.15, 0.2) is 24.3 Å². The van der Waals surface area contributed by atoms with Crippen molar-refractivity contribution >= 4 is 0 Å². The number of hydrogen-bond donors (Lipinski definition) is 1. The summed E-state index contributed by atoms with van der Waals surface area (Å²) in [7, 11) is 3.76. The molecular formula is C13H22N2O. The number of benzene rings is 1. The quantitative estimate of drug-likeness (QED) is 0.828. The maximum atomic E-state index is 6.22. The fourth-order valence-electron chi connectivity index (χ4n) is 1.67. The molecule has 3 heteroatoms. The summed E-state index contributed by atoms with van der Waals surface area (Å²) in [5, 5.41) is 0. The zero-order valence-corrected chi connectivity index (χ0v) is 10.6. The Kier molecular flexibility index (Phi) is 4.77. The van der Waals surface area contributed by atoms with Crippen molar-refractivity contribution < 1.29 is 4.74 Å². The third kappa shape index (κ3) is 2.97. The van der Waals surface area contributed by atoms with Crippen LogP contribution in [-0.2, 0) is 0 Å². The highest BCUT2D eigenvalue weighted by Crippen LogP contribution is 2.20. The second-order valence-corrected chi connectivity index (χ2v) is 4.11. The molecule has 0 aromatic heterocycles. The van der Waals surface area contributed by atoms with Gasteiger partial charge in [0.1, 0.15) is 5.75 Å². The first-order valence-corrected chi connectivity index (χ1v) is 5.70. The van der Waals surface area contributed by atoms with Crippen molar-refractivity contribution in [3.8, 4) is 5.75 Å². The van der Waals surface area contributed by atoms with Crippen molar-refractivity contribution in [3.63, 3.8) is 0 Å². The van der Waals surface area contributed by atoms with Gasteiger partial charge in [0.15, 0.2) is 0 Å². The molecule has 0 spiro atoms. The van der Waals surface area contributed by atoms with Crippen LogP contribution in [0.25, 0.3) is 0 Å². The Hall–Kier alpha value is -1.06. The smallest absolute Gasteiger partial charge is 0.118 e. The Morgan fingerprint density at radius 2 is 1.88 bits per heavy atom. The van der Waals surface area contributed by atoms with Gasteiger partial charge in [-0.2, -0.15) is 0 Å². The Morgan fingerprint density at radius 1 is 1.31 bits per heavy atom. The lowest BCUT2D eigenvalue weighted by atomic mass is 10.0. The monoisotopic (exact) mass is 222 g/mol. The van der Waals surface area contributed by atoms with Gasteiger partial charge in [-0.1, -0.05) is 19.1 Å². The molecule has 2 N–H and O–H groups in total. The molecule has 2 atom stereocenters. The van der Waals surface area contributed by atoms with E-state index in [1.165, 1.54) is 0 Å². The van der Waals surface area contributed by atoms with E-state index in [-0.39, 0.29) is 6.04 Å². The summed E-state index contributed by atoms with van der Waals surface area (Å²) in [6.45, 7) is 5.29. The number of rotatable bonds is 5. The molecule has 0 bridgehead atoms. The Labute approximate surface area is 98.2 Å². The van der Waals surface area contributed by atoms with Crippen LogP contribution < -0.4 is 10.5 Å². The zero-order chi connectivity index (χ0) is 12.1. The number of ether oxygens (including phenoxy) is 1. The molecule has 90 valence electrons. The van der Waals surface area contributed by atoms with E-state index in [1.807, 2.05) is 24.3 Å². The van der Waals surface area contributed by atoms with Gasteiger partial charge in [-0.3, -0.25) is 0 Å². The van der Waals surface area contributed by atoms with E-state index in [0.717, 1.165) is 17.9 Å². The van der Waals surface area contributed by atoms with Gasteiger partial charge in [-0.05, 0) is 38.2 Å². The minimum Gasteiger partial charge on any atom is -0.497 e. The van der Waals surface area contributed by atoms with E-state index in [9.17, 15) is 0 Å². The van der Waals surface area contributed by atoms with Crippen molar-refractivity contribution in [1.29, 1.82) is 0 Å². The Morgan fingerprint density at radius 3 is 2.31 bits per heavy atom. The lowest BCUT2D eigenvalue weighted by Gasteiger charge is -2.28. The van der Waals surface area contributed by atoms with Gasteiger partial charge in [0, 0.05) is 12.1 Å². The summed E-state index contributed by atoms with van der Waals surface area (Å²) < 4.78 is 5.13. The van der Waals surface area contributed by atoms with Crippen LogP contribution in [-0.4, -0.2) is 31.6 Å². The average Bonchev–Trinajstić information content (AvgIpc) is 2.36. The summed E-state index contributed by atoms with van der Waals surface area (Å²) in [5.74, 6) is 0.868. The van der Waals surface area contributed by atoms with Crippen molar-refractivity contribution in [2.45, 2.75) is 25.9 Å². The summed E-state index contributed by atoms with van der Waals surface area (Å²) >= 11 is 0. The molecule has 1 aromatic rings. The molecule has 16 heavy (non-hydrogen) atoms. The van der Waals surface area contributed by atoms with Gasteiger partial charge in [-0.15, -0.1) is 0 Å². The van der Waals surface area contributed by atoms with Crippen LogP contribution in [0.4, 0.5) is 0 Å². The van der Waals surface area contributed by atoms with Gasteiger partial charge < -0.3 is 15.4 Å². The van der Waals surface area contributed by atoms with Crippen molar-refractivity contribution in [2.75, 3.05) is 20.7 Å². The average molecular weight is 222 g/mol. The molecule has 2 unspecified atom stereocenters. The second kappa shape index (κ2) is 5.87. The van der Waals surface area contributed by atoms with E-state index in [1.54, 1.807) is 7.11 Å². The van der Waals surface area contributed by atoms with Crippen LogP contribution in [0.1, 0.15) is 25.5 Å². The summed E-state index contributed by atoms with van der Waals surface area (Å²) in [4.78, 5) is 2.24. The fraction of sp³-hybridized carbons (Fsp3) is 0.538. The molecule has 3 nitrogen and oxygen atoms in total. The molecule has 0 radical (unpaired) electrons. The topological polar surface area (TPSA) is 38.5 Å². The molecule has 0 fully saturated rings. The molecule has 0 aliphatic carbocycles. The lowest BCUT2D eigenvalue weighted by Crippen LogP contribution is -2.38. The predicted octanol–water partition coefficient (Wildman–Crippen LogP) is 2.04. The minimum atomic E-state index is 0.0378. The van der Waals surface area contributed by atoms with E-state index in [4.69, 9.17) is 10.5 Å². The van der Waals surface area contributed by atoms with E-state index in [2.05, 4.69) is 25.8 Å². The molecule has 0 aliphatic heterocycles. The van der Waals surface area contributed by atoms with E-state index >= 15 is 0 Å².